The molecule has 0 aromatic heterocycles. The molecule has 0 aliphatic rings. The molecule has 12 heavy (non-hydrogen) atoms. The molecule has 0 fully saturated rings. The van der Waals surface area contributed by atoms with Crippen LogP contribution < -0.4 is 0 Å². The molecule has 0 aromatic rings. The second-order valence-corrected chi connectivity index (χ2v) is 3.18. The summed E-state index contributed by atoms with van der Waals surface area (Å²) in [6, 6.07) is 0. The zero-order valence-corrected chi connectivity index (χ0v) is 8.80. The lowest BCUT2D eigenvalue weighted by Gasteiger charge is -2.04. The fraction of sp³-hybridized carbons (Fsp3) is 0.727. The second-order valence-electron chi connectivity index (χ2n) is 3.18. The largest absolute Gasteiger partial charge is 0.266 e. The van der Waals surface area contributed by atoms with Gasteiger partial charge in [0.05, 0.1) is 0 Å². The van der Waals surface area contributed by atoms with E-state index in [0.717, 1.165) is 6.42 Å². The van der Waals surface area contributed by atoms with Crippen molar-refractivity contribution in [1.29, 1.82) is 0 Å². The third-order valence-electron chi connectivity index (χ3n) is 1.92. The highest BCUT2D eigenvalue weighted by molar-refractivity contribution is 5.55. The van der Waals surface area contributed by atoms with Gasteiger partial charge in [-0.3, -0.25) is 4.99 Å². The van der Waals surface area contributed by atoms with Crippen molar-refractivity contribution < 1.29 is 0 Å². The maximum Gasteiger partial charge on any atom is 0.0362 e. The molecule has 1 nitrogen and oxygen atoms in total. The highest BCUT2D eigenvalue weighted by Gasteiger charge is 1.96. The SMILES string of the molecule is CC=N/C(=C\C(C)CC)CCC. The van der Waals surface area contributed by atoms with E-state index in [0.29, 0.717) is 5.92 Å². The third-order valence-corrected chi connectivity index (χ3v) is 1.92. The van der Waals surface area contributed by atoms with Gasteiger partial charge in [-0.15, -0.1) is 0 Å². The van der Waals surface area contributed by atoms with E-state index in [2.05, 4.69) is 31.8 Å². The van der Waals surface area contributed by atoms with Crippen LogP contribution in [0.2, 0.25) is 0 Å². The van der Waals surface area contributed by atoms with Crippen LogP contribution in [0.25, 0.3) is 0 Å². The van der Waals surface area contributed by atoms with Gasteiger partial charge in [0.2, 0.25) is 0 Å². The lowest BCUT2D eigenvalue weighted by molar-refractivity contribution is 0.685. The number of allylic oxidation sites excluding steroid dienone is 2. The van der Waals surface area contributed by atoms with Crippen molar-refractivity contribution >= 4 is 6.21 Å². The molecule has 0 radical (unpaired) electrons. The number of nitrogens with zero attached hydrogens (tertiary/aromatic N) is 1. The van der Waals surface area contributed by atoms with E-state index in [1.54, 1.807) is 0 Å². The van der Waals surface area contributed by atoms with Gasteiger partial charge in [-0.25, -0.2) is 0 Å². The molecule has 70 valence electrons. The Balaban J connectivity index is 4.16. The van der Waals surface area contributed by atoms with Gasteiger partial charge in [-0.1, -0.05) is 39.7 Å². The smallest absolute Gasteiger partial charge is 0.0362 e. The van der Waals surface area contributed by atoms with E-state index < -0.39 is 0 Å². The first-order chi connectivity index (χ1) is 5.74. The van der Waals surface area contributed by atoms with Crippen LogP contribution in [0.3, 0.4) is 0 Å². The minimum Gasteiger partial charge on any atom is -0.266 e. The zero-order valence-electron chi connectivity index (χ0n) is 8.80. The van der Waals surface area contributed by atoms with Crippen LogP contribution in [-0.2, 0) is 0 Å². The first kappa shape index (κ1) is 11.4. The van der Waals surface area contributed by atoms with Crippen LogP contribution in [0.5, 0.6) is 0 Å². The fourth-order valence-corrected chi connectivity index (χ4v) is 1.06. The quantitative estimate of drug-likeness (QED) is 0.552. The molecule has 0 saturated carbocycles. The molecule has 0 rings (SSSR count). The maximum absolute atomic E-state index is 4.34. The van der Waals surface area contributed by atoms with Gasteiger partial charge in [0.15, 0.2) is 0 Å². The summed E-state index contributed by atoms with van der Waals surface area (Å²) in [6.07, 6.45) is 7.65. The predicted octanol–water partition coefficient (Wildman–Crippen LogP) is 3.81. The van der Waals surface area contributed by atoms with E-state index in [1.165, 1.54) is 18.5 Å². The Kier molecular flexibility index (Phi) is 6.73. The summed E-state index contributed by atoms with van der Waals surface area (Å²) < 4.78 is 0. The van der Waals surface area contributed by atoms with Crippen LogP contribution in [0, 0.1) is 5.92 Å². The summed E-state index contributed by atoms with van der Waals surface area (Å²) in [5.74, 6) is 0.662. The summed E-state index contributed by atoms with van der Waals surface area (Å²) in [5.41, 5.74) is 1.24. The van der Waals surface area contributed by atoms with Gasteiger partial charge in [-0.2, -0.15) is 0 Å². The normalized spacial score (nSPS) is 15.5. The topological polar surface area (TPSA) is 12.4 Å². The first-order valence-corrected chi connectivity index (χ1v) is 4.93. The van der Waals surface area contributed by atoms with Crippen molar-refractivity contribution in [1.82, 2.24) is 0 Å². The molecule has 1 atom stereocenters. The number of hydrogen-bond acceptors (Lipinski definition) is 1. The lowest BCUT2D eigenvalue weighted by Crippen LogP contribution is -1.89. The summed E-state index contributed by atoms with van der Waals surface area (Å²) in [7, 11) is 0. The van der Waals surface area contributed by atoms with Gasteiger partial charge in [0.1, 0.15) is 0 Å². The molecule has 0 spiro atoms. The van der Waals surface area contributed by atoms with E-state index in [4.69, 9.17) is 0 Å². The molecule has 0 N–H and O–H groups in total. The van der Waals surface area contributed by atoms with Crippen molar-refractivity contribution in [2.75, 3.05) is 0 Å². The van der Waals surface area contributed by atoms with Crippen LogP contribution in [0.1, 0.15) is 47.0 Å². The van der Waals surface area contributed by atoms with Crippen LogP contribution in [0.4, 0.5) is 0 Å². The molecule has 0 bridgehead atoms. The predicted molar refractivity (Wildman–Crippen MR) is 56.6 cm³/mol. The third kappa shape index (κ3) is 5.11. The molecule has 0 aliphatic carbocycles. The molecule has 0 amide bonds. The Morgan fingerprint density at radius 3 is 2.50 bits per heavy atom. The Morgan fingerprint density at radius 1 is 1.42 bits per heavy atom. The monoisotopic (exact) mass is 167 g/mol. The van der Waals surface area contributed by atoms with Gasteiger partial charge >= 0.3 is 0 Å². The fourth-order valence-electron chi connectivity index (χ4n) is 1.06. The number of hydrogen-bond donors (Lipinski definition) is 0. The first-order valence-electron chi connectivity index (χ1n) is 4.93. The molecule has 0 saturated heterocycles. The minimum atomic E-state index is 0.662. The molecule has 1 unspecified atom stereocenters. The molecule has 0 aromatic carbocycles. The average Bonchev–Trinajstić information content (AvgIpc) is 2.05. The van der Waals surface area contributed by atoms with Crippen LogP contribution in [-0.4, -0.2) is 6.21 Å². The van der Waals surface area contributed by atoms with E-state index >= 15 is 0 Å². The van der Waals surface area contributed by atoms with E-state index in [-0.39, 0.29) is 0 Å². The Labute approximate surface area is 76.6 Å². The van der Waals surface area contributed by atoms with Gasteiger partial charge in [-0.05, 0) is 19.3 Å². The number of rotatable bonds is 5. The Hall–Kier alpha value is -0.590. The van der Waals surface area contributed by atoms with Crippen molar-refractivity contribution in [3.05, 3.63) is 11.8 Å². The van der Waals surface area contributed by atoms with E-state index in [9.17, 15) is 0 Å². The standard InChI is InChI=1S/C11H21N/c1-5-8-11(12-7-3)9-10(4)6-2/h7,9-10H,5-6,8H2,1-4H3/b11-9-,12-7?. The summed E-state index contributed by atoms with van der Waals surface area (Å²) >= 11 is 0. The van der Waals surface area contributed by atoms with E-state index in [1.807, 2.05) is 13.1 Å². The minimum absolute atomic E-state index is 0.662. The van der Waals surface area contributed by atoms with Crippen molar-refractivity contribution in [3.8, 4) is 0 Å². The van der Waals surface area contributed by atoms with Crippen molar-refractivity contribution in [2.45, 2.75) is 47.0 Å². The molecular weight excluding hydrogens is 146 g/mol. The Bertz CT molecular complexity index is 156. The highest BCUT2D eigenvalue weighted by Crippen LogP contribution is 2.12. The summed E-state index contributed by atoms with van der Waals surface area (Å²) in [4.78, 5) is 4.34. The number of aliphatic imine (C=N–C) groups is 1. The van der Waals surface area contributed by atoms with Crippen LogP contribution in [0.15, 0.2) is 16.8 Å². The van der Waals surface area contributed by atoms with Crippen molar-refractivity contribution in [3.63, 3.8) is 0 Å². The van der Waals surface area contributed by atoms with Gasteiger partial charge in [0, 0.05) is 11.9 Å². The molecule has 0 aliphatic heterocycles. The molecule has 1 heteroatoms. The second kappa shape index (κ2) is 7.08. The Morgan fingerprint density at radius 2 is 2.08 bits per heavy atom. The summed E-state index contributed by atoms with van der Waals surface area (Å²) in [6.45, 7) is 8.61. The lowest BCUT2D eigenvalue weighted by atomic mass is 10.1. The maximum atomic E-state index is 4.34. The van der Waals surface area contributed by atoms with Crippen LogP contribution >= 0.6 is 0 Å². The highest BCUT2D eigenvalue weighted by atomic mass is 14.7. The van der Waals surface area contributed by atoms with Crippen molar-refractivity contribution in [2.24, 2.45) is 10.9 Å². The molecule has 0 heterocycles. The summed E-state index contributed by atoms with van der Waals surface area (Å²) in [5, 5.41) is 0. The van der Waals surface area contributed by atoms with Gasteiger partial charge < -0.3 is 0 Å². The average molecular weight is 167 g/mol. The zero-order chi connectivity index (χ0) is 9.40. The molecular formula is C11H21N. The van der Waals surface area contributed by atoms with Gasteiger partial charge in [0.25, 0.3) is 0 Å².